The van der Waals surface area contributed by atoms with Crippen molar-refractivity contribution in [3.63, 3.8) is 0 Å². The predicted octanol–water partition coefficient (Wildman–Crippen LogP) is 1.98. The number of sulfonamides is 1. The second-order valence-corrected chi connectivity index (χ2v) is 7.17. The summed E-state index contributed by atoms with van der Waals surface area (Å²) in [5.74, 6) is 1.19. The third-order valence-electron chi connectivity index (χ3n) is 3.11. The number of aryl methyl sites for hydroxylation is 1. The van der Waals surface area contributed by atoms with Gasteiger partial charge in [-0.2, -0.15) is 0 Å². The Bertz CT molecular complexity index is 762. The van der Waals surface area contributed by atoms with Crippen molar-refractivity contribution in [2.45, 2.75) is 18.4 Å². The van der Waals surface area contributed by atoms with Gasteiger partial charge in [0.2, 0.25) is 10.0 Å². The van der Waals surface area contributed by atoms with Gasteiger partial charge < -0.3 is 10.1 Å². The monoisotopic (exact) mass is 370 g/mol. The Hall–Kier alpha value is -1.74. The fourth-order valence-corrected chi connectivity index (χ4v) is 3.20. The number of aromatic nitrogens is 2. The first-order valence-electron chi connectivity index (χ1n) is 7.23. The number of rotatable bonds is 8. The summed E-state index contributed by atoms with van der Waals surface area (Å²) in [6.45, 7) is 2.80. The lowest BCUT2D eigenvalue weighted by molar-refractivity contribution is 0.204. The SMILES string of the molecule is COCCNS(=O)(=O)c1ccc(CNc2cc(Cl)nc(C)n2)cc1. The quantitative estimate of drug-likeness (QED) is 0.545. The Balaban J connectivity index is 1.99. The molecular formula is C15H19ClN4O3S. The summed E-state index contributed by atoms with van der Waals surface area (Å²) in [5.41, 5.74) is 0.915. The van der Waals surface area contributed by atoms with Crippen molar-refractivity contribution in [1.82, 2.24) is 14.7 Å². The molecule has 0 aliphatic carbocycles. The standard InChI is InChI=1S/C15H19ClN4O3S/c1-11-19-14(16)9-15(20-11)17-10-12-3-5-13(6-4-12)24(21,22)18-7-8-23-2/h3-6,9,18H,7-8,10H2,1-2H3,(H,17,19,20). The van der Waals surface area contributed by atoms with E-state index < -0.39 is 10.0 Å². The van der Waals surface area contributed by atoms with Crippen molar-refractivity contribution in [1.29, 1.82) is 0 Å². The lowest BCUT2D eigenvalue weighted by Crippen LogP contribution is -2.27. The molecule has 0 amide bonds. The van der Waals surface area contributed by atoms with E-state index in [4.69, 9.17) is 16.3 Å². The molecule has 130 valence electrons. The highest BCUT2D eigenvalue weighted by Crippen LogP contribution is 2.14. The van der Waals surface area contributed by atoms with E-state index in [9.17, 15) is 8.42 Å². The van der Waals surface area contributed by atoms with Crippen LogP contribution in [0.1, 0.15) is 11.4 Å². The fourth-order valence-electron chi connectivity index (χ4n) is 1.96. The molecule has 0 spiro atoms. The number of halogens is 1. The molecule has 0 atom stereocenters. The van der Waals surface area contributed by atoms with Gasteiger partial charge in [0.05, 0.1) is 11.5 Å². The minimum absolute atomic E-state index is 0.211. The van der Waals surface area contributed by atoms with Crippen LogP contribution >= 0.6 is 11.6 Å². The molecular weight excluding hydrogens is 352 g/mol. The van der Waals surface area contributed by atoms with E-state index in [-0.39, 0.29) is 11.4 Å². The Morgan fingerprint density at radius 3 is 2.54 bits per heavy atom. The van der Waals surface area contributed by atoms with Crippen LogP contribution in [0.15, 0.2) is 35.2 Å². The highest BCUT2D eigenvalue weighted by atomic mass is 35.5. The van der Waals surface area contributed by atoms with Crippen LogP contribution in [0.3, 0.4) is 0 Å². The molecule has 0 saturated heterocycles. The van der Waals surface area contributed by atoms with Crippen molar-refractivity contribution >= 4 is 27.4 Å². The molecule has 1 aromatic carbocycles. The summed E-state index contributed by atoms with van der Waals surface area (Å²) >= 11 is 5.88. The van der Waals surface area contributed by atoms with E-state index in [0.29, 0.717) is 29.9 Å². The summed E-state index contributed by atoms with van der Waals surface area (Å²) in [4.78, 5) is 8.42. The van der Waals surface area contributed by atoms with Gasteiger partial charge in [-0.25, -0.2) is 23.1 Å². The third kappa shape index (κ3) is 5.41. The van der Waals surface area contributed by atoms with Gasteiger partial charge in [-0.1, -0.05) is 23.7 Å². The maximum atomic E-state index is 12.1. The predicted molar refractivity (Wildman–Crippen MR) is 92.6 cm³/mol. The topological polar surface area (TPSA) is 93.2 Å². The van der Waals surface area contributed by atoms with Crippen molar-refractivity contribution in [3.05, 3.63) is 46.9 Å². The van der Waals surface area contributed by atoms with Crippen LogP contribution in [-0.2, 0) is 21.3 Å². The van der Waals surface area contributed by atoms with E-state index in [1.165, 1.54) is 7.11 Å². The second kappa shape index (κ2) is 8.39. The number of benzene rings is 1. The average molecular weight is 371 g/mol. The van der Waals surface area contributed by atoms with Crippen LogP contribution < -0.4 is 10.0 Å². The zero-order valence-electron chi connectivity index (χ0n) is 13.4. The molecule has 0 fully saturated rings. The number of hydrogen-bond acceptors (Lipinski definition) is 6. The van der Waals surface area contributed by atoms with E-state index in [1.54, 1.807) is 37.3 Å². The van der Waals surface area contributed by atoms with Crippen LogP contribution in [0.25, 0.3) is 0 Å². The molecule has 1 heterocycles. The van der Waals surface area contributed by atoms with E-state index in [2.05, 4.69) is 20.0 Å². The fraction of sp³-hybridized carbons (Fsp3) is 0.333. The summed E-state index contributed by atoms with van der Waals surface area (Å²) in [6, 6.07) is 8.24. The number of anilines is 1. The highest BCUT2D eigenvalue weighted by molar-refractivity contribution is 7.89. The Morgan fingerprint density at radius 2 is 1.92 bits per heavy atom. The number of hydrogen-bond donors (Lipinski definition) is 2. The second-order valence-electron chi connectivity index (χ2n) is 5.01. The molecule has 24 heavy (non-hydrogen) atoms. The normalized spacial score (nSPS) is 11.5. The first kappa shape index (κ1) is 18.6. The van der Waals surface area contributed by atoms with E-state index in [1.807, 2.05) is 0 Å². The van der Waals surface area contributed by atoms with Gasteiger partial charge in [-0.15, -0.1) is 0 Å². The van der Waals surface area contributed by atoms with Gasteiger partial charge in [-0.05, 0) is 24.6 Å². The number of ether oxygens (including phenoxy) is 1. The minimum Gasteiger partial charge on any atom is -0.383 e. The Labute approximate surface area is 146 Å². The van der Waals surface area contributed by atoms with Crippen molar-refractivity contribution in [3.8, 4) is 0 Å². The molecule has 0 bridgehead atoms. The number of nitrogens with one attached hydrogen (secondary N) is 2. The van der Waals surface area contributed by atoms with E-state index >= 15 is 0 Å². The van der Waals surface area contributed by atoms with Crippen LogP contribution in [0, 0.1) is 6.92 Å². The van der Waals surface area contributed by atoms with Crippen LogP contribution in [0.2, 0.25) is 5.15 Å². The van der Waals surface area contributed by atoms with Gasteiger partial charge in [0, 0.05) is 26.3 Å². The first-order valence-corrected chi connectivity index (χ1v) is 9.09. The van der Waals surface area contributed by atoms with Gasteiger partial charge in [-0.3, -0.25) is 0 Å². The van der Waals surface area contributed by atoms with Crippen LogP contribution in [0.5, 0.6) is 0 Å². The molecule has 0 saturated carbocycles. The van der Waals surface area contributed by atoms with Crippen molar-refractivity contribution in [2.24, 2.45) is 0 Å². The zero-order chi connectivity index (χ0) is 17.6. The van der Waals surface area contributed by atoms with Crippen molar-refractivity contribution in [2.75, 3.05) is 25.6 Å². The number of nitrogens with zero attached hydrogens (tertiary/aromatic N) is 2. The van der Waals surface area contributed by atoms with Gasteiger partial charge in [0.15, 0.2) is 0 Å². The smallest absolute Gasteiger partial charge is 0.240 e. The van der Waals surface area contributed by atoms with Crippen molar-refractivity contribution < 1.29 is 13.2 Å². The third-order valence-corrected chi connectivity index (χ3v) is 4.78. The molecule has 9 heteroatoms. The summed E-state index contributed by atoms with van der Waals surface area (Å²) < 4.78 is 31.4. The Kier molecular flexibility index (Phi) is 6.50. The van der Waals surface area contributed by atoms with Gasteiger partial charge in [0.1, 0.15) is 16.8 Å². The van der Waals surface area contributed by atoms with Crippen LogP contribution in [-0.4, -0.2) is 38.6 Å². The lowest BCUT2D eigenvalue weighted by atomic mass is 10.2. The van der Waals surface area contributed by atoms with Crippen LogP contribution in [0.4, 0.5) is 5.82 Å². The molecule has 7 nitrogen and oxygen atoms in total. The lowest BCUT2D eigenvalue weighted by Gasteiger charge is -2.09. The largest absolute Gasteiger partial charge is 0.383 e. The average Bonchev–Trinajstić information content (AvgIpc) is 2.52. The maximum absolute atomic E-state index is 12.1. The molecule has 0 aliphatic rings. The molecule has 1 aromatic heterocycles. The molecule has 2 rings (SSSR count). The summed E-state index contributed by atoms with van der Waals surface area (Å²) in [7, 11) is -2.00. The zero-order valence-corrected chi connectivity index (χ0v) is 15.0. The van der Waals surface area contributed by atoms with E-state index in [0.717, 1.165) is 5.56 Å². The molecule has 0 aliphatic heterocycles. The minimum atomic E-state index is -3.52. The molecule has 0 radical (unpaired) electrons. The molecule has 0 unspecified atom stereocenters. The summed E-state index contributed by atoms with van der Waals surface area (Å²) in [5, 5.41) is 3.49. The molecule has 2 aromatic rings. The summed E-state index contributed by atoms with van der Waals surface area (Å²) in [6.07, 6.45) is 0. The Morgan fingerprint density at radius 1 is 1.21 bits per heavy atom. The number of methoxy groups -OCH3 is 1. The molecule has 2 N–H and O–H groups in total. The first-order chi connectivity index (χ1) is 11.4. The highest BCUT2D eigenvalue weighted by Gasteiger charge is 2.12. The van der Waals surface area contributed by atoms with Gasteiger partial charge >= 0.3 is 0 Å². The maximum Gasteiger partial charge on any atom is 0.240 e. The van der Waals surface area contributed by atoms with Gasteiger partial charge in [0.25, 0.3) is 0 Å².